The van der Waals surface area contributed by atoms with E-state index in [0.717, 1.165) is 16.5 Å². The Kier molecular flexibility index (Phi) is 4.56. The first-order valence-corrected chi connectivity index (χ1v) is 7.67. The van der Waals surface area contributed by atoms with E-state index in [4.69, 9.17) is 0 Å². The molecule has 0 atom stereocenters. The number of aromatic amines is 1. The van der Waals surface area contributed by atoms with Crippen LogP contribution in [0.15, 0.2) is 59.8 Å². The number of carbonyl (C=O) groups is 1. The van der Waals surface area contributed by atoms with Crippen molar-refractivity contribution < 1.29 is 9.72 Å². The molecule has 0 aliphatic rings. The van der Waals surface area contributed by atoms with Crippen molar-refractivity contribution in [1.82, 2.24) is 10.4 Å². The van der Waals surface area contributed by atoms with Gasteiger partial charge in [-0.3, -0.25) is 14.9 Å². The van der Waals surface area contributed by atoms with Crippen LogP contribution in [0.2, 0.25) is 0 Å². The fourth-order valence-corrected chi connectivity index (χ4v) is 2.55. The van der Waals surface area contributed by atoms with Gasteiger partial charge in [0.1, 0.15) is 0 Å². The van der Waals surface area contributed by atoms with Gasteiger partial charge in [-0.1, -0.05) is 30.3 Å². The first kappa shape index (κ1) is 16.4. The number of nitrogens with one attached hydrogen (secondary N) is 2. The van der Waals surface area contributed by atoms with Gasteiger partial charge in [-0.15, -0.1) is 0 Å². The largest absolute Gasteiger partial charge is 0.361 e. The number of amides is 1. The lowest BCUT2D eigenvalue weighted by atomic mass is 10.1. The molecule has 0 spiro atoms. The highest BCUT2D eigenvalue weighted by atomic mass is 16.6. The number of nitro benzene ring substituents is 1. The molecule has 3 aromatic rings. The minimum absolute atomic E-state index is 0.0165. The molecule has 0 saturated carbocycles. The Morgan fingerprint density at radius 1 is 1.24 bits per heavy atom. The van der Waals surface area contributed by atoms with Gasteiger partial charge < -0.3 is 4.98 Å². The Balaban J connectivity index is 1.69. The van der Waals surface area contributed by atoms with Crippen molar-refractivity contribution in [3.8, 4) is 0 Å². The first-order chi connectivity index (χ1) is 12.0. The van der Waals surface area contributed by atoms with Crippen LogP contribution in [0.5, 0.6) is 0 Å². The Bertz CT molecular complexity index is 975. The van der Waals surface area contributed by atoms with E-state index in [-0.39, 0.29) is 18.0 Å². The summed E-state index contributed by atoms with van der Waals surface area (Å²) in [6.45, 7) is 1.69. The third kappa shape index (κ3) is 3.72. The summed E-state index contributed by atoms with van der Waals surface area (Å²) in [5.41, 5.74) is 5.42. The number of benzene rings is 2. The van der Waals surface area contributed by atoms with E-state index in [2.05, 4.69) is 15.5 Å². The summed E-state index contributed by atoms with van der Waals surface area (Å²) in [4.78, 5) is 25.6. The van der Waals surface area contributed by atoms with E-state index in [9.17, 15) is 14.9 Å². The Morgan fingerprint density at radius 2 is 2.04 bits per heavy atom. The van der Waals surface area contributed by atoms with Crippen LogP contribution >= 0.6 is 0 Å². The van der Waals surface area contributed by atoms with Gasteiger partial charge in [-0.25, -0.2) is 5.43 Å². The van der Waals surface area contributed by atoms with Crippen molar-refractivity contribution in [2.24, 2.45) is 5.10 Å². The molecule has 1 aromatic heterocycles. The number of fused-ring (bicyclic) bond motifs is 1. The van der Waals surface area contributed by atoms with Crippen LogP contribution in [0.3, 0.4) is 0 Å². The van der Waals surface area contributed by atoms with Crippen LogP contribution in [0, 0.1) is 10.1 Å². The summed E-state index contributed by atoms with van der Waals surface area (Å²) < 4.78 is 0. The van der Waals surface area contributed by atoms with Gasteiger partial charge >= 0.3 is 0 Å². The fourth-order valence-electron chi connectivity index (χ4n) is 2.55. The number of hydrogen-bond donors (Lipinski definition) is 2. The summed E-state index contributed by atoms with van der Waals surface area (Å²) >= 11 is 0. The van der Waals surface area contributed by atoms with E-state index in [1.54, 1.807) is 25.3 Å². The van der Waals surface area contributed by atoms with Crippen LogP contribution < -0.4 is 5.43 Å². The summed E-state index contributed by atoms with van der Waals surface area (Å²) in [5, 5.41) is 15.9. The zero-order valence-corrected chi connectivity index (χ0v) is 13.5. The zero-order valence-electron chi connectivity index (χ0n) is 13.5. The Hall–Kier alpha value is -3.48. The minimum Gasteiger partial charge on any atom is -0.361 e. The highest BCUT2D eigenvalue weighted by molar-refractivity contribution is 6.00. The lowest BCUT2D eigenvalue weighted by molar-refractivity contribution is -0.384. The molecule has 0 radical (unpaired) electrons. The molecular formula is C18H16N4O3. The molecule has 2 aromatic carbocycles. The van der Waals surface area contributed by atoms with E-state index in [1.807, 2.05) is 24.3 Å². The maximum atomic E-state index is 12.1. The number of aromatic nitrogens is 1. The monoisotopic (exact) mass is 336 g/mol. The molecule has 1 heterocycles. The second-order valence-electron chi connectivity index (χ2n) is 5.58. The van der Waals surface area contributed by atoms with Gasteiger partial charge in [0.2, 0.25) is 5.91 Å². The van der Waals surface area contributed by atoms with Crippen LogP contribution in [0.1, 0.15) is 18.1 Å². The molecule has 7 heteroatoms. The number of nitrogens with zero attached hydrogens (tertiary/aromatic N) is 2. The van der Waals surface area contributed by atoms with Crippen molar-refractivity contribution in [3.05, 3.63) is 76.0 Å². The molecule has 0 fully saturated rings. The van der Waals surface area contributed by atoms with Crippen molar-refractivity contribution in [1.29, 1.82) is 0 Å². The highest BCUT2D eigenvalue weighted by Gasteiger charge is 2.10. The molecule has 0 saturated heterocycles. The number of H-pyrrole nitrogens is 1. The standard InChI is InChI=1S/C18H16N4O3/c1-12(13-5-4-6-15(9-13)22(24)25)20-21-18(23)10-14-11-19-17-8-3-2-7-16(14)17/h2-9,11,19H,10H2,1H3,(H,21,23)/b20-12+. The van der Waals surface area contributed by atoms with Crippen LogP contribution in [0.4, 0.5) is 5.69 Å². The van der Waals surface area contributed by atoms with Gasteiger partial charge in [0, 0.05) is 34.8 Å². The highest BCUT2D eigenvalue weighted by Crippen LogP contribution is 2.18. The molecule has 0 unspecified atom stereocenters. The zero-order chi connectivity index (χ0) is 17.8. The maximum absolute atomic E-state index is 12.1. The third-order valence-electron chi connectivity index (χ3n) is 3.85. The molecule has 25 heavy (non-hydrogen) atoms. The number of carbonyl (C=O) groups excluding carboxylic acids is 1. The van der Waals surface area contributed by atoms with Crippen molar-refractivity contribution in [2.75, 3.05) is 0 Å². The molecular weight excluding hydrogens is 320 g/mol. The maximum Gasteiger partial charge on any atom is 0.270 e. The lowest BCUT2D eigenvalue weighted by Gasteiger charge is -2.03. The predicted molar refractivity (Wildman–Crippen MR) is 95.5 cm³/mol. The lowest BCUT2D eigenvalue weighted by Crippen LogP contribution is -2.21. The molecule has 2 N–H and O–H groups in total. The van der Waals surface area contributed by atoms with Crippen molar-refractivity contribution in [2.45, 2.75) is 13.3 Å². The van der Waals surface area contributed by atoms with Crippen LogP contribution in [-0.2, 0) is 11.2 Å². The first-order valence-electron chi connectivity index (χ1n) is 7.67. The van der Waals surface area contributed by atoms with Crippen molar-refractivity contribution in [3.63, 3.8) is 0 Å². The molecule has 0 aliphatic heterocycles. The van der Waals surface area contributed by atoms with E-state index in [0.29, 0.717) is 11.3 Å². The number of para-hydroxylation sites is 1. The van der Waals surface area contributed by atoms with E-state index < -0.39 is 4.92 Å². The van der Waals surface area contributed by atoms with Gasteiger partial charge in [0.05, 0.1) is 17.1 Å². The average Bonchev–Trinajstić information content (AvgIpc) is 3.03. The summed E-state index contributed by atoms with van der Waals surface area (Å²) in [5.74, 6) is -0.255. The summed E-state index contributed by atoms with van der Waals surface area (Å²) in [7, 11) is 0. The number of non-ortho nitro benzene ring substituents is 1. The van der Waals surface area contributed by atoms with Crippen LogP contribution in [-0.4, -0.2) is 21.5 Å². The predicted octanol–water partition coefficient (Wildman–Crippen LogP) is 3.16. The third-order valence-corrected chi connectivity index (χ3v) is 3.85. The minimum atomic E-state index is -0.466. The average molecular weight is 336 g/mol. The molecule has 7 nitrogen and oxygen atoms in total. The van der Waals surface area contributed by atoms with Gasteiger partial charge in [0.15, 0.2) is 0 Å². The number of rotatable bonds is 5. The number of hydrogen-bond acceptors (Lipinski definition) is 4. The SMILES string of the molecule is C/C(=N\NC(=O)Cc1c[nH]c2ccccc12)c1cccc([N+](=O)[O-])c1. The normalized spacial score (nSPS) is 11.5. The molecule has 0 bridgehead atoms. The fraction of sp³-hybridized carbons (Fsp3) is 0.111. The Morgan fingerprint density at radius 3 is 2.84 bits per heavy atom. The smallest absolute Gasteiger partial charge is 0.270 e. The molecule has 126 valence electrons. The molecule has 3 rings (SSSR count). The molecule has 0 aliphatic carbocycles. The van der Waals surface area contributed by atoms with E-state index in [1.165, 1.54) is 12.1 Å². The second-order valence-corrected chi connectivity index (χ2v) is 5.58. The van der Waals surface area contributed by atoms with Crippen molar-refractivity contribution >= 4 is 28.2 Å². The number of nitro groups is 1. The van der Waals surface area contributed by atoms with Crippen LogP contribution in [0.25, 0.3) is 10.9 Å². The van der Waals surface area contributed by atoms with Gasteiger partial charge in [0.25, 0.3) is 5.69 Å². The Labute approximate surface area is 143 Å². The number of hydrazone groups is 1. The summed E-state index contributed by atoms with van der Waals surface area (Å²) in [6.07, 6.45) is 2.00. The van der Waals surface area contributed by atoms with Gasteiger partial charge in [-0.2, -0.15) is 5.10 Å². The van der Waals surface area contributed by atoms with Gasteiger partial charge in [-0.05, 0) is 18.6 Å². The summed E-state index contributed by atoms with van der Waals surface area (Å²) in [6, 6.07) is 13.9. The topological polar surface area (TPSA) is 100 Å². The molecule has 1 amide bonds. The second kappa shape index (κ2) is 6.96. The quantitative estimate of drug-likeness (QED) is 0.425. The van der Waals surface area contributed by atoms with E-state index >= 15 is 0 Å².